The summed E-state index contributed by atoms with van der Waals surface area (Å²) in [6, 6.07) is 10.3. The van der Waals surface area contributed by atoms with Crippen molar-refractivity contribution in [3.63, 3.8) is 0 Å². The van der Waals surface area contributed by atoms with Gasteiger partial charge in [-0.1, -0.05) is 18.2 Å². The highest BCUT2D eigenvalue weighted by atomic mass is 127. The van der Waals surface area contributed by atoms with Crippen molar-refractivity contribution in [3.05, 3.63) is 58.9 Å². The van der Waals surface area contributed by atoms with Crippen molar-refractivity contribution >= 4 is 46.4 Å². The SMILES string of the molecule is Cc1cc(C)n(-c2ccccc2CN=C(N)N2CCN(c3nccs3)CC2)n1.I. The van der Waals surface area contributed by atoms with Crippen molar-refractivity contribution in [2.24, 2.45) is 10.7 Å². The van der Waals surface area contributed by atoms with Crippen LogP contribution in [0, 0.1) is 13.8 Å². The molecular formula is C20H26IN7S. The van der Waals surface area contributed by atoms with Crippen molar-refractivity contribution in [2.45, 2.75) is 20.4 Å². The Labute approximate surface area is 192 Å². The van der Waals surface area contributed by atoms with E-state index in [1.807, 2.05) is 35.3 Å². The normalized spacial score (nSPS) is 14.8. The molecule has 0 radical (unpaired) electrons. The summed E-state index contributed by atoms with van der Waals surface area (Å²) in [6.45, 7) is 8.14. The molecule has 29 heavy (non-hydrogen) atoms. The topological polar surface area (TPSA) is 75.6 Å². The Morgan fingerprint density at radius 1 is 1.17 bits per heavy atom. The number of piperazine rings is 1. The molecule has 9 heteroatoms. The predicted octanol–water partition coefficient (Wildman–Crippen LogP) is 3.20. The summed E-state index contributed by atoms with van der Waals surface area (Å²) in [5.41, 5.74) is 10.6. The minimum Gasteiger partial charge on any atom is -0.370 e. The summed E-state index contributed by atoms with van der Waals surface area (Å²) >= 11 is 1.68. The number of hydrogen-bond donors (Lipinski definition) is 1. The number of nitrogens with zero attached hydrogens (tertiary/aromatic N) is 6. The lowest BCUT2D eigenvalue weighted by Gasteiger charge is -2.35. The van der Waals surface area contributed by atoms with Gasteiger partial charge >= 0.3 is 0 Å². The van der Waals surface area contributed by atoms with Gasteiger partial charge in [0.2, 0.25) is 0 Å². The average Bonchev–Trinajstić information content (AvgIpc) is 3.36. The smallest absolute Gasteiger partial charge is 0.191 e. The predicted molar refractivity (Wildman–Crippen MR) is 130 cm³/mol. The standard InChI is InChI=1S/C20H25N7S.HI/c1-15-13-16(2)27(24-15)18-6-4-3-5-17(18)14-23-19(21)25-8-10-26(11-9-25)20-22-7-12-28-20;/h3-7,12-13H,8-11,14H2,1-2H3,(H2,21,23);1H. The van der Waals surface area contributed by atoms with Crippen LogP contribution in [0.25, 0.3) is 5.69 Å². The summed E-state index contributed by atoms with van der Waals surface area (Å²) in [5.74, 6) is 0.599. The molecule has 0 atom stereocenters. The molecule has 3 aromatic rings. The lowest BCUT2D eigenvalue weighted by atomic mass is 10.2. The molecule has 154 valence electrons. The fourth-order valence-electron chi connectivity index (χ4n) is 3.49. The summed E-state index contributed by atoms with van der Waals surface area (Å²) in [6.07, 6.45) is 1.85. The first-order valence-corrected chi connectivity index (χ1v) is 10.3. The number of nitrogens with two attached hydrogens (primary N) is 1. The number of guanidine groups is 1. The van der Waals surface area contributed by atoms with Crippen LogP contribution < -0.4 is 10.6 Å². The van der Waals surface area contributed by atoms with E-state index in [2.05, 4.69) is 50.0 Å². The third-order valence-corrected chi connectivity index (χ3v) is 5.77. The van der Waals surface area contributed by atoms with E-state index in [-0.39, 0.29) is 24.0 Å². The van der Waals surface area contributed by atoms with Crippen molar-refractivity contribution in [2.75, 3.05) is 31.1 Å². The Morgan fingerprint density at radius 3 is 2.59 bits per heavy atom. The van der Waals surface area contributed by atoms with Gasteiger partial charge in [0.05, 0.1) is 17.9 Å². The third-order valence-electron chi connectivity index (χ3n) is 4.93. The van der Waals surface area contributed by atoms with Crippen LogP contribution >= 0.6 is 35.3 Å². The lowest BCUT2D eigenvalue weighted by Crippen LogP contribution is -2.51. The van der Waals surface area contributed by atoms with Gasteiger partial charge in [0, 0.05) is 43.4 Å². The van der Waals surface area contributed by atoms with Crippen LogP contribution in [0.3, 0.4) is 0 Å². The number of halogens is 1. The maximum atomic E-state index is 6.31. The van der Waals surface area contributed by atoms with Crippen molar-refractivity contribution < 1.29 is 0 Å². The molecule has 3 heterocycles. The summed E-state index contributed by atoms with van der Waals surface area (Å²) < 4.78 is 1.98. The zero-order valence-corrected chi connectivity index (χ0v) is 19.8. The zero-order valence-electron chi connectivity index (χ0n) is 16.7. The molecule has 1 aliphatic rings. The second kappa shape index (κ2) is 9.57. The molecule has 0 unspecified atom stereocenters. The second-order valence-electron chi connectivity index (χ2n) is 6.93. The van der Waals surface area contributed by atoms with Crippen LogP contribution in [0.4, 0.5) is 5.13 Å². The molecule has 1 aromatic carbocycles. The van der Waals surface area contributed by atoms with E-state index in [4.69, 9.17) is 5.73 Å². The largest absolute Gasteiger partial charge is 0.370 e. The van der Waals surface area contributed by atoms with E-state index in [9.17, 15) is 0 Å². The number of aliphatic imine (C=N–C) groups is 1. The fourth-order valence-corrected chi connectivity index (χ4v) is 4.19. The molecule has 0 spiro atoms. The first-order chi connectivity index (χ1) is 13.6. The van der Waals surface area contributed by atoms with Gasteiger partial charge in [0.1, 0.15) is 0 Å². The van der Waals surface area contributed by atoms with Gasteiger partial charge in [-0.3, -0.25) is 0 Å². The van der Waals surface area contributed by atoms with Crippen LogP contribution in [0.15, 0.2) is 46.9 Å². The second-order valence-corrected chi connectivity index (χ2v) is 7.80. The molecule has 2 aromatic heterocycles. The highest BCUT2D eigenvalue weighted by Gasteiger charge is 2.20. The van der Waals surface area contributed by atoms with Gasteiger partial charge in [-0.25, -0.2) is 14.7 Å². The van der Waals surface area contributed by atoms with E-state index in [0.29, 0.717) is 12.5 Å². The maximum absolute atomic E-state index is 6.31. The molecule has 1 saturated heterocycles. The number of para-hydroxylation sites is 1. The first kappa shape index (κ1) is 21.6. The number of aryl methyl sites for hydroxylation is 2. The van der Waals surface area contributed by atoms with Crippen LogP contribution in [-0.4, -0.2) is 51.8 Å². The zero-order chi connectivity index (χ0) is 19.5. The monoisotopic (exact) mass is 523 g/mol. The van der Waals surface area contributed by atoms with Gasteiger partial charge in [-0.05, 0) is 31.5 Å². The first-order valence-electron chi connectivity index (χ1n) is 9.42. The Balaban J connectivity index is 0.00000240. The van der Waals surface area contributed by atoms with E-state index >= 15 is 0 Å². The molecule has 4 rings (SSSR count). The van der Waals surface area contributed by atoms with E-state index in [1.165, 1.54) is 0 Å². The minimum absolute atomic E-state index is 0. The number of rotatable bonds is 4. The molecule has 1 aliphatic heterocycles. The molecule has 0 aliphatic carbocycles. The molecule has 0 saturated carbocycles. The van der Waals surface area contributed by atoms with Crippen LogP contribution in [0.2, 0.25) is 0 Å². The number of anilines is 1. The van der Waals surface area contributed by atoms with E-state index in [0.717, 1.165) is 53.9 Å². The van der Waals surface area contributed by atoms with E-state index < -0.39 is 0 Å². The molecule has 1 fully saturated rings. The van der Waals surface area contributed by atoms with Gasteiger partial charge in [0.25, 0.3) is 0 Å². The van der Waals surface area contributed by atoms with Gasteiger partial charge < -0.3 is 15.5 Å². The number of benzene rings is 1. The fraction of sp³-hybridized carbons (Fsp3) is 0.350. The Kier molecular flexibility index (Phi) is 7.12. The highest BCUT2D eigenvalue weighted by Crippen LogP contribution is 2.20. The van der Waals surface area contributed by atoms with Crippen LogP contribution in [0.5, 0.6) is 0 Å². The Hall–Kier alpha value is -2.14. The molecular weight excluding hydrogens is 497 g/mol. The minimum atomic E-state index is 0. The lowest BCUT2D eigenvalue weighted by molar-refractivity contribution is 0.380. The average molecular weight is 523 g/mol. The number of thiazole rings is 1. The van der Waals surface area contributed by atoms with Crippen LogP contribution in [0.1, 0.15) is 17.0 Å². The molecule has 7 nitrogen and oxygen atoms in total. The van der Waals surface area contributed by atoms with Gasteiger partial charge in [-0.15, -0.1) is 35.3 Å². The number of hydrogen-bond acceptors (Lipinski definition) is 5. The number of aromatic nitrogens is 3. The summed E-state index contributed by atoms with van der Waals surface area (Å²) in [4.78, 5) is 13.5. The molecule has 0 amide bonds. The molecule has 2 N–H and O–H groups in total. The van der Waals surface area contributed by atoms with Crippen molar-refractivity contribution in [1.29, 1.82) is 0 Å². The van der Waals surface area contributed by atoms with Crippen LogP contribution in [-0.2, 0) is 6.54 Å². The summed E-state index contributed by atoms with van der Waals surface area (Å²) in [5, 5.41) is 7.70. The maximum Gasteiger partial charge on any atom is 0.191 e. The Morgan fingerprint density at radius 2 is 1.93 bits per heavy atom. The van der Waals surface area contributed by atoms with Gasteiger partial charge in [0.15, 0.2) is 11.1 Å². The van der Waals surface area contributed by atoms with Crippen molar-refractivity contribution in [1.82, 2.24) is 19.7 Å². The van der Waals surface area contributed by atoms with Crippen molar-refractivity contribution in [3.8, 4) is 5.69 Å². The third kappa shape index (κ3) is 4.89. The quantitative estimate of drug-likeness (QED) is 0.323. The van der Waals surface area contributed by atoms with Gasteiger partial charge in [-0.2, -0.15) is 5.10 Å². The van der Waals surface area contributed by atoms with E-state index in [1.54, 1.807) is 11.3 Å². The Bertz CT molecular complexity index is 959. The molecule has 0 bridgehead atoms. The highest BCUT2D eigenvalue weighted by molar-refractivity contribution is 14.0. The summed E-state index contributed by atoms with van der Waals surface area (Å²) in [7, 11) is 0.